The largest absolute Gasteiger partial charge is 0.330 e. The van der Waals surface area contributed by atoms with Crippen LogP contribution in [0.15, 0.2) is 48.5 Å². The van der Waals surface area contributed by atoms with E-state index in [2.05, 4.69) is 5.32 Å². The van der Waals surface area contributed by atoms with Gasteiger partial charge in [0.25, 0.3) is 5.91 Å². The van der Waals surface area contributed by atoms with Crippen LogP contribution in [0.4, 0.5) is 10.1 Å². The van der Waals surface area contributed by atoms with Crippen LogP contribution in [0.1, 0.15) is 22.3 Å². The molecule has 0 saturated carbocycles. The third kappa shape index (κ3) is 3.90. The summed E-state index contributed by atoms with van der Waals surface area (Å²) in [4.78, 5) is 12.0. The highest BCUT2D eigenvalue weighted by Crippen LogP contribution is 2.14. The fraction of sp³-hybridized carbons (Fsp3) is 0.188. The summed E-state index contributed by atoms with van der Waals surface area (Å²) in [6, 6.07) is 13.2. The fourth-order valence-electron chi connectivity index (χ4n) is 1.94. The number of nitrogens with two attached hydrogens (primary N) is 1. The zero-order valence-corrected chi connectivity index (χ0v) is 11.1. The lowest BCUT2D eigenvalue weighted by molar-refractivity contribution is 0.102. The Morgan fingerprint density at radius 2 is 1.95 bits per heavy atom. The van der Waals surface area contributed by atoms with Crippen LogP contribution in [0.2, 0.25) is 0 Å². The summed E-state index contributed by atoms with van der Waals surface area (Å²) in [7, 11) is 0. The van der Waals surface area contributed by atoms with Crippen LogP contribution in [0.3, 0.4) is 0 Å². The number of halogens is 1. The van der Waals surface area contributed by atoms with Gasteiger partial charge in [0.1, 0.15) is 5.82 Å². The average Bonchev–Trinajstić information content (AvgIpc) is 2.45. The number of amides is 1. The number of hydrogen-bond donors (Lipinski definition) is 2. The smallest absolute Gasteiger partial charge is 0.255 e. The van der Waals surface area contributed by atoms with Gasteiger partial charge in [-0.25, -0.2) is 4.39 Å². The molecule has 1 amide bonds. The van der Waals surface area contributed by atoms with Gasteiger partial charge in [-0.15, -0.1) is 0 Å². The van der Waals surface area contributed by atoms with E-state index in [1.54, 1.807) is 6.07 Å². The number of rotatable bonds is 5. The second-order valence-corrected chi connectivity index (χ2v) is 4.56. The van der Waals surface area contributed by atoms with Crippen LogP contribution >= 0.6 is 0 Å². The van der Waals surface area contributed by atoms with Crippen molar-refractivity contribution in [3.8, 4) is 0 Å². The number of anilines is 1. The first-order valence-electron chi connectivity index (χ1n) is 6.55. The van der Waals surface area contributed by atoms with E-state index >= 15 is 0 Å². The van der Waals surface area contributed by atoms with Gasteiger partial charge >= 0.3 is 0 Å². The van der Waals surface area contributed by atoms with Gasteiger partial charge in [0.15, 0.2) is 0 Å². The Labute approximate surface area is 117 Å². The molecule has 0 aliphatic heterocycles. The Balaban J connectivity index is 2.07. The molecule has 4 heteroatoms. The quantitative estimate of drug-likeness (QED) is 0.879. The van der Waals surface area contributed by atoms with Crippen LogP contribution in [0, 0.1) is 5.82 Å². The monoisotopic (exact) mass is 272 g/mol. The van der Waals surface area contributed by atoms with Gasteiger partial charge in [0.2, 0.25) is 0 Å². The normalized spacial score (nSPS) is 10.3. The highest BCUT2D eigenvalue weighted by Gasteiger charge is 2.07. The Hall–Kier alpha value is -2.20. The van der Waals surface area contributed by atoms with Gasteiger partial charge in [0, 0.05) is 11.3 Å². The molecule has 0 aliphatic rings. The third-order valence-corrected chi connectivity index (χ3v) is 2.94. The van der Waals surface area contributed by atoms with Gasteiger partial charge in [-0.05, 0) is 55.3 Å². The molecule has 3 N–H and O–H groups in total. The van der Waals surface area contributed by atoms with E-state index in [0.29, 0.717) is 17.8 Å². The lowest BCUT2D eigenvalue weighted by atomic mass is 10.1. The highest BCUT2D eigenvalue weighted by atomic mass is 19.1. The summed E-state index contributed by atoms with van der Waals surface area (Å²) >= 11 is 0. The standard InChI is InChI=1S/C16H17FN2O/c17-14-7-2-6-13(11-14)16(20)19-15-8-1-4-12(10-15)5-3-9-18/h1-2,4,6-8,10-11H,3,5,9,18H2,(H,19,20). The van der Waals surface area contributed by atoms with Crippen molar-refractivity contribution in [1.82, 2.24) is 0 Å². The molecule has 0 spiro atoms. The van der Waals surface area contributed by atoms with E-state index in [1.165, 1.54) is 18.2 Å². The fourth-order valence-corrected chi connectivity index (χ4v) is 1.94. The number of nitrogens with one attached hydrogen (secondary N) is 1. The Bertz CT molecular complexity index is 599. The van der Waals surface area contributed by atoms with E-state index in [-0.39, 0.29) is 5.91 Å². The van der Waals surface area contributed by atoms with Crippen LogP contribution in [0.25, 0.3) is 0 Å². The maximum atomic E-state index is 13.1. The van der Waals surface area contributed by atoms with Crippen molar-refractivity contribution in [1.29, 1.82) is 0 Å². The Morgan fingerprint density at radius 3 is 2.70 bits per heavy atom. The van der Waals surface area contributed by atoms with Crippen LogP contribution in [-0.4, -0.2) is 12.5 Å². The van der Waals surface area contributed by atoms with E-state index < -0.39 is 5.82 Å². The first kappa shape index (κ1) is 14.2. The van der Waals surface area contributed by atoms with Gasteiger partial charge in [-0.2, -0.15) is 0 Å². The summed E-state index contributed by atoms with van der Waals surface area (Å²) < 4.78 is 13.1. The molecular formula is C16H17FN2O. The predicted molar refractivity (Wildman–Crippen MR) is 78.2 cm³/mol. The number of benzene rings is 2. The topological polar surface area (TPSA) is 55.1 Å². The third-order valence-electron chi connectivity index (χ3n) is 2.94. The molecule has 0 unspecified atom stereocenters. The zero-order valence-electron chi connectivity index (χ0n) is 11.1. The molecule has 0 heterocycles. The second-order valence-electron chi connectivity index (χ2n) is 4.56. The first-order valence-corrected chi connectivity index (χ1v) is 6.55. The lowest BCUT2D eigenvalue weighted by Crippen LogP contribution is -2.12. The maximum absolute atomic E-state index is 13.1. The van der Waals surface area contributed by atoms with E-state index in [9.17, 15) is 9.18 Å². The Kier molecular flexibility index (Phi) is 4.85. The van der Waals surface area contributed by atoms with Crippen LogP contribution in [-0.2, 0) is 6.42 Å². The first-order chi connectivity index (χ1) is 9.69. The van der Waals surface area contributed by atoms with Gasteiger partial charge in [-0.3, -0.25) is 4.79 Å². The summed E-state index contributed by atoms with van der Waals surface area (Å²) in [5.41, 5.74) is 7.60. The van der Waals surface area contributed by atoms with Gasteiger partial charge in [-0.1, -0.05) is 18.2 Å². The molecule has 2 aromatic rings. The summed E-state index contributed by atoms with van der Waals surface area (Å²) in [5.74, 6) is -0.741. The minimum atomic E-state index is -0.422. The molecule has 2 rings (SSSR count). The van der Waals surface area contributed by atoms with Crippen molar-refractivity contribution < 1.29 is 9.18 Å². The molecule has 0 fully saturated rings. The second kappa shape index (κ2) is 6.82. The van der Waals surface area contributed by atoms with Crippen molar-refractivity contribution in [3.63, 3.8) is 0 Å². The molecular weight excluding hydrogens is 255 g/mol. The molecule has 0 radical (unpaired) electrons. The summed E-state index contributed by atoms with van der Waals surface area (Å²) in [6.45, 7) is 0.639. The summed E-state index contributed by atoms with van der Waals surface area (Å²) in [5, 5.41) is 2.77. The molecule has 0 atom stereocenters. The average molecular weight is 272 g/mol. The molecule has 0 bridgehead atoms. The number of carbonyl (C=O) groups is 1. The molecule has 0 aliphatic carbocycles. The summed E-state index contributed by atoms with van der Waals surface area (Å²) in [6.07, 6.45) is 1.78. The number of hydrogen-bond acceptors (Lipinski definition) is 2. The molecule has 3 nitrogen and oxygen atoms in total. The molecule has 104 valence electrons. The van der Waals surface area contributed by atoms with Crippen molar-refractivity contribution in [2.75, 3.05) is 11.9 Å². The molecule has 0 saturated heterocycles. The van der Waals surface area contributed by atoms with Crippen molar-refractivity contribution >= 4 is 11.6 Å². The van der Waals surface area contributed by atoms with E-state index in [4.69, 9.17) is 5.73 Å². The maximum Gasteiger partial charge on any atom is 0.255 e. The Morgan fingerprint density at radius 1 is 1.15 bits per heavy atom. The van der Waals surface area contributed by atoms with Crippen LogP contribution < -0.4 is 11.1 Å². The van der Waals surface area contributed by atoms with E-state index in [1.807, 2.05) is 24.3 Å². The number of carbonyl (C=O) groups excluding carboxylic acids is 1. The highest BCUT2D eigenvalue weighted by molar-refractivity contribution is 6.04. The number of aryl methyl sites for hydroxylation is 1. The van der Waals surface area contributed by atoms with Crippen molar-refractivity contribution in [3.05, 3.63) is 65.5 Å². The predicted octanol–water partition coefficient (Wildman–Crippen LogP) is 2.97. The van der Waals surface area contributed by atoms with Crippen LogP contribution in [0.5, 0.6) is 0 Å². The lowest BCUT2D eigenvalue weighted by Gasteiger charge is -2.07. The van der Waals surface area contributed by atoms with E-state index in [0.717, 1.165) is 18.4 Å². The molecule has 2 aromatic carbocycles. The van der Waals surface area contributed by atoms with Gasteiger partial charge in [0.05, 0.1) is 0 Å². The molecule has 0 aromatic heterocycles. The van der Waals surface area contributed by atoms with Crippen molar-refractivity contribution in [2.24, 2.45) is 5.73 Å². The minimum absolute atomic E-state index is 0.303. The minimum Gasteiger partial charge on any atom is -0.330 e. The zero-order chi connectivity index (χ0) is 14.4. The van der Waals surface area contributed by atoms with Crippen molar-refractivity contribution in [2.45, 2.75) is 12.8 Å². The SMILES string of the molecule is NCCCc1cccc(NC(=O)c2cccc(F)c2)c1. The molecule has 20 heavy (non-hydrogen) atoms. The van der Waals surface area contributed by atoms with Gasteiger partial charge < -0.3 is 11.1 Å².